The van der Waals surface area contributed by atoms with Gasteiger partial charge in [0.25, 0.3) is 0 Å². The number of nitrogens with zero attached hydrogens (tertiary/aromatic N) is 1. The zero-order chi connectivity index (χ0) is 15.9. The van der Waals surface area contributed by atoms with Crippen LogP contribution in [0.3, 0.4) is 0 Å². The fraction of sp³-hybridized carbons (Fsp3) is 0.588. The Balaban J connectivity index is 2.06. The maximum Gasteiger partial charge on any atom is 0.303 e. The van der Waals surface area contributed by atoms with Crippen LogP contribution in [0.25, 0.3) is 0 Å². The standard InChI is InChI=1S/C17H25NO4/c1-3-21-15-10-13-7-9-18(8-5-6-17(19)20)12-14(13)11-16(15)22-4-2/h10-11H,3-9,12H2,1-2H3,(H,19,20). The van der Waals surface area contributed by atoms with Crippen LogP contribution in [-0.2, 0) is 17.8 Å². The SMILES string of the molecule is CCOc1cc2c(cc1OCC)CN(CCCC(=O)O)CC2. The fourth-order valence-corrected chi connectivity index (χ4v) is 2.80. The molecule has 0 amide bonds. The second-order valence-corrected chi connectivity index (χ2v) is 5.46. The highest BCUT2D eigenvalue weighted by molar-refractivity contribution is 5.66. The summed E-state index contributed by atoms with van der Waals surface area (Å²) in [7, 11) is 0. The molecule has 2 rings (SSSR count). The van der Waals surface area contributed by atoms with Gasteiger partial charge in [0.2, 0.25) is 0 Å². The van der Waals surface area contributed by atoms with Crippen molar-refractivity contribution in [3.05, 3.63) is 23.3 Å². The molecule has 0 spiro atoms. The van der Waals surface area contributed by atoms with Crippen molar-refractivity contribution >= 4 is 5.97 Å². The molecule has 0 saturated heterocycles. The first-order chi connectivity index (χ1) is 10.6. The summed E-state index contributed by atoms with van der Waals surface area (Å²) in [5.74, 6) is 0.898. The first-order valence-corrected chi connectivity index (χ1v) is 7.99. The highest BCUT2D eigenvalue weighted by atomic mass is 16.5. The zero-order valence-corrected chi connectivity index (χ0v) is 13.4. The summed E-state index contributed by atoms with van der Waals surface area (Å²) in [4.78, 5) is 12.9. The molecule has 0 bridgehead atoms. The van der Waals surface area contributed by atoms with Crippen LogP contribution in [0, 0.1) is 0 Å². The molecule has 0 unspecified atom stereocenters. The third kappa shape index (κ3) is 4.37. The number of carboxylic acids is 1. The van der Waals surface area contributed by atoms with E-state index in [1.807, 2.05) is 13.8 Å². The number of hydrogen-bond donors (Lipinski definition) is 1. The lowest BCUT2D eigenvalue weighted by atomic mass is 9.98. The summed E-state index contributed by atoms with van der Waals surface area (Å²) < 4.78 is 11.4. The molecule has 0 atom stereocenters. The lowest BCUT2D eigenvalue weighted by Crippen LogP contribution is -2.31. The molecule has 22 heavy (non-hydrogen) atoms. The first-order valence-electron chi connectivity index (χ1n) is 7.99. The molecular formula is C17H25NO4. The Morgan fingerprint density at radius 1 is 1.18 bits per heavy atom. The van der Waals surface area contributed by atoms with Gasteiger partial charge >= 0.3 is 5.97 Å². The van der Waals surface area contributed by atoms with Gasteiger partial charge in [-0.05, 0) is 56.5 Å². The average molecular weight is 307 g/mol. The van der Waals surface area contributed by atoms with Crippen LogP contribution >= 0.6 is 0 Å². The molecule has 5 heteroatoms. The Kier molecular flexibility index (Phi) is 6.07. The van der Waals surface area contributed by atoms with Crippen LogP contribution in [0.15, 0.2) is 12.1 Å². The minimum atomic E-state index is -0.725. The third-order valence-corrected chi connectivity index (χ3v) is 3.82. The van der Waals surface area contributed by atoms with Crippen molar-refractivity contribution in [1.82, 2.24) is 4.90 Å². The predicted octanol–water partition coefficient (Wildman–Crippen LogP) is 2.71. The van der Waals surface area contributed by atoms with E-state index in [1.54, 1.807) is 0 Å². The van der Waals surface area contributed by atoms with E-state index in [1.165, 1.54) is 11.1 Å². The Labute approximate surface area is 131 Å². The van der Waals surface area contributed by atoms with Crippen LogP contribution < -0.4 is 9.47 Å². The molecule has 5 nitrogen and oxygen atoms in total. The summed E-state index contributed by atoms with van der Waals surface area (Å²) in [5, 5.41) is 8.73. The molecule has 1 aromatic rings. The van der Waals surface area contributed by atoms with Gasteiger partial charge in [-0.3, -0.25) is 9.69 Å². The van der Waals surface area contributed by atoms with Gasteiger partial charge in [-0.15, -0.1) is 0 Å². The van der Waals surface area contributed by atoms with E-state index in [9.17, 15) is 4.79 Å². The largest absolute Gasteiger partial charge is 0.490 e. The van der Waals surface area contributed by atoms with Crippen LogP contribution in [0.2, 0.25) is 0 Å². The second kappa shape index (κ2) is 8.03. The fourth-order valence-electron chi connectivity index (χ4n) is 2.80. The summed E-state index contributed by atoms with van der Waals surface area (Å²) in [5.41, 5.74) is 2.56. The van der Waals surface area contributed by atoms with Crippen LogP contribution in [0.1, 0.15) is 37.8 Å². The number of carbonyl (C=O) groups is 1. The number of benzene rings is 1. The molecule has 122 valence electrons. The highest BCUT2D eigenvalue weighted by Gasteiger charge is 2.19. The van der Waals surface area contributed by atoms with Gasteiger partial charge in [-0.1, -0.05) is 0 Å². The average Bonchev–Trinajstić information content (AvgIpc) is 2.48. The molecule has 0 aromatic heterocycles. The van der Waals surface area contributed by atoms with E-state index in [4.69, 9.17) is 14.6 Å². The van der Waals surface area contributed by atoms with E-state index in [0.29, 0.717) is 19.6 Å². The molecule has 0 fully saturated rings. The molecule has 1 N–H and O–H groups in total. The minimum absolute atomic E-state index is 0.233. The number of rotatable bonds is 8. The predicted molar refractivity (Wildman–Crippen MR) is 84.6 cm³/mol. The number of aliphatic carboxylic acids is 1. The Morgan fingerprint density at radius 3 is 2.41 bits per heavy atom. The lowest BCUT2D eigenvalue weighted by Gasteiger charge is -2.29. The molecule has 0 radical (unpaired) electrons. The van der Waals surface area contributed by atoms with Gasteiger partial charge in [0.1, 0.15) is 0 Å². The summed E-state index contributed by atoms with van der Waals surface area (Å²) >= 11 is 0. The quantitative estimate of drug-likeness (QED) is 0.800. The van der Waals surface area contributed by atoms with Crippen molar-refractivity contribution in [3.63, 3.8) is 0 Å². The van der Waals surface area contributed by atoms with E-state index < -0.39 is 5.97 Å². The minimum Gasteiger partial charge on any atom is -0.490 e. The maximum absolute atomic E-state index is 10.6. The van der Waals surface area contributed by atoms with Crippen LogP contribution in [0.5, 0.6) is 11.5 Å². The van der Waals surface area contributed by atoms with Crippen LogP contribution in [0.4, 0.5) is 0 Å². The zero-order valence-electron chi connectivity index (χ0n) is 13.4. The van der Waals surface area contributed by atoms with Gasteiger partial charge in [-0.25, -0.2) is 0 Å². The third-order valence-electron chi connectivity index (χ3n) is 3.82. The van der Waals surface area contributed by atoms with Crippen molar-refractivity contribution in [2.75, 3.05) is 26.3 Å². The van der Waals surface area contributed by atoms with E-state index in [2.05, 4.69) is 17.0 Å². The van der Waals surface area contributed by atoms with Gasteiger partial charge in [0.05, 0.1) is 13.2 Å². The molecule has 1 aromatic carbocycles. The topological polar surface area (TPSA) is 59.0 Å². The molecule has 0 saturated carbocycles. The lowest BCUT2D eigenvalue weighted by molar-refractivity contribution is -0.137. The number of hydrogen-bond acceptors (Lipinski definition) is 4. The first kappa shape index (κ1) is 16.6. The summed E-state index contributed by atoms with van der Waals surface area (Å²) in [6, 6.07) is 4.17. The van der Waals surface area contributed by atoms with Crippen molar-refractivity contribution in [2.24, 2.45) is 0 Å². The Morgan fingerprint density at radius 2 is 1.82 bits per heavy atom. The van der Waals surface area contributed by atoms with Crippen molar-refractivity contribution in [3.8, 4) is 11.5 Å². The van der Waals surface area contributed by atoms with Gasteiger partial charge in [0, 0.05) is 19.5 Å². The summed E-state index contributed by atoms with van der Waals surface area (Å²) in [6.07, 6.45) is 1.89. The maximum atomic E-state index is 10.6. The molecule has 0 aliphatic carbocycles. The van der Waals surface area contributed by atoms with Crippen molar-refractivity contribution in [1.29, 1.82) is 0 Å². The van der Waals surface area contributed by atoms with E-state index in [-0.39, 0.29) is 6.42 Å². The van der Waals surface area contributed by atoms with Crippen molar-refractivity contribution < 1.29 is 19.4 Å². The van der Waals surface area contributed by atoms with E-state index >= 15 is 0 Å². The number of fused-ring (bicyclic) bond motifs is 1. The monoisotopic (exact) mass is 307 g/mol. The normalized spacial score (nSPS) is 14.5. The molecular weight excluding hydrogens is 282 g/mol. The molecule has 1 heterocycles. The number of carboxylic acid groups (broad SMARTS) is 1. The van der Waals surface area contributed by atoms with Gasteiger partial charge in [0.15, 0.2) is 11.5 Å². The second-order valence-electron chi connectivity index (χ2n) is 5.46. The molecule has 1 aliphatic heterocycles. The number of ether oxygens (including phenoxy) is 2. The van der Waals surface area contributed by atoms with Crippen molar-refractivity contribution in [2.45, 2.75) is 39.7 Å². The van der Waals surface area contributed by atoms with E-state index in [0.717, 1.165) is 37.6 Å². The smallest absolute Gasteiger partial charge is 0.303 e. The Bertz CT molecular complexity index is 516. The van der Waals surface area contributed by atoms with Gasteiger partial charge < -0.3 is 14.6 Å². The Hall–Kier alpha value is -1.75. The van der Waals surface area contributed by atoms with Gasteiger partial charge in [-0.2, -0.15) is 0 Å². The summed E-state index contributed by atoms with van der Waals surface area (Å²) in [6.45, 7) is 7.81. The van der Waals surface area contributed by atoms with Crippen LogP contribution in [-0.4, -0.2) is 42.3 Å². The highest BCUT2D eigenvalue weighted by Crippen LogP contribution is 2.33. The molecule has 1 aliphatic rings.